The van der Waals surface area contributed by atoms with Gasteiger partial charge in [0.15, 0.2) is 18.5 Å². The summed E-state index contributed by atoms with van der Waals surface area (Å²) in [6.07, 6.45) is -1.94. The van der Waals surface area contributed by atoms with Crippen LogP contribution in [0.25, 0.3) is 0 Å². The Labute approximate surface area is 90.7 Å². The molecule has 0 aliphatic heterocycles. The SMILES string of the molecule is FC1C=CC(OCc2ccoc2)C(F)C1F. The molecule has 0 amide bonds. The lowest BCUT2D eigenvalue weighted by atomic mass is 9.99. The Morgan fingerprint density at radius 3 is 2.69 bits per heavy atom. The average molecular weight is 232 g/mol. The molecule has 0 aromatic carbocycles. The van der Waals surface area contributed by atoms with Gasteiger partial charge in [-0.2, -0.15) is 0 Å². The highest BCUT2D eigenvalue weighted by Gasteiger charge is 2.37. The van der Waals surface area contributed by atoms with Crippen LogP contribution < -0.4 is 0 Å². The van der Waals surface area contributed by atoms with E-state index in [9.17, 15) is 13.2 Å². The molecule has 2 nitrogen and oxygen atoms in total. The average Bonchev–Trinajstić information content (AvgIpc) is 2.78. The molecule has 1 aliphatic rings. The number of hydrogen-bond donors (Lipinski definition) is 0. The van der Waals surface area contributed by atoms with E-state index < -0.39 is 24.6 Å². The van der Waals surface area contributed by atoms with Crippen LogP contribution in [0.4, 0.5) is 13.2 Å². The van der Waals surface area contributed by atoms with Crippen molar-refractivity contribution < 1.29 is 22.3 Å². The third-order valence-electron chi connectivity index (χ3n) is 2.43. The van der Waals surface area contributed by atoms with Gasteiger partial charge in [0, 0.05) is 5.56 Å². The lowest BCUT2D eigenvalue weighted by Crippen LogP contribution is -2.40. The van der Waals surface area contributed by atoms with Gasteiger partial charge in [0.25, 0.3) is 0 Å². The summed E-state index contributed by atoms with van der Waals surface area (Å²) in [5.74, 6) is 0. The molecular formula is C11H11F3O2. The number of halogens is 3. The largest absolute Gasteiger partial charge is 0.472 e. The topological polar surface area (TPSA) is 22.4 Å². The first-order valence-corrected chi connectivity index (χ1v) is 4.91. The normalized spacial score (nSPS) is 34.2. The second-order valence-electron chi connectivity index (χ2n) is 3.63. The second-order valence-corrected chi connectivity index (χ2v) is 3.63. The predicted octanol–water partition coefficient (Wildman–Crippen LogP) is 2.75. The zero-order valence-electron chi connectivity index (χ0n) is 8.35. The van der Waals surface area contributed by atoms with Crippen LogP contribution in [0.3, 0.4) is 0 Å². The van der Waals surface area contributed by atoms with E-state index in [4.69, 9.17) is 9.15 Å². The molecule has 16 heavy (non-hydrogen) atoms. The minimum absolute atomic E-state index is 0.107. The molecule has 1 aliphatic carbocycles. The van der Waals surface area contributed by atoms with E-state index in [0.717, 1.165) is 11.6 Å². The summed E-state index contributed by atoms with van der Waals surface area (Å²) in [4.78, 5) is 0. The predicted molar refractivity (Wildman–Crippen MR) is 51.1 cm³/mol. The van der Waals surface area contributed by atoms with Crippen LogP contribution in [0.15, 0.2) is 35.2 Å². The van der Waals surface area contributed by atoms with E-state index in [1.165, 1.54) is 18.6 Å². The monoisotopic (exact) mass is 232 g/mol. The van der Waals surface area contributed by atoms with E-state index >= 15 is 0 Å². The first-order chi connectivity index (χ1) is 7.68. The van der Waals surface area contributed by atoms with Gasteiger partial charge in [-0.1, -0.05) is 6.08 Å². The van der Waals surface area contributed by atoms with Crippen molar-refractivity contribution in [2.24, 2.45) is 0 Å². The van der Waals surface area contributed by atoms with Gasteiger partial charge < -0.3 is 9.15 Å². The zero-order chi connectivity index (χ0) is 11.5. The molecule has 0 bridgehead atoms. The Kier molecular flexibility index (Phi) is 3.33. The molecule has 4 unspecified atom stereocenters. The number of rotatable bonds is 3. The van der Waals surface area contributed by atoms with Crippen molar-refractivity contribution in [1.29, 1.82) is 0 Å². The van der Waals surface area contributed by atoms with Gasteiger partial charge in [0.05, 0.1) is 19.1 Å². The molecule has 0 fully saturated rings. The molecule has 0 spiro atoms. The molecule has 2 rings (SSSR count). The van der Waals surface area contributed by atoms with Crippen molar-refractivity contribution in [2.45, 2.75) is 31.2 Å². The Morgan fingerprint density at radius 2 is 2.00 bits per heavy atom. The van der Waals surface area contributed by atoms with Crippen LogP contribution in [0.2, 0.25) is 0 Å². The standard InChI is InChI=1S/C11H11F3O2/c12-8-1-2-9(11(14)10(8)13)16-6-7-3-4-15-5-7/h1-5,8-11H,6H2. The van der Waals surface area contributed by atoms with Crippen molar-refractivity contribution in [1.82, 2.24) is 0 Å². The van der Waals surface area contributed by atoms with E-state index in [1.807, 2.05) is 0 Å². The van der Waals surface area contributed by atoms with Gasteiger partial charge in [-0.15, -0.1) is 0 Å². The first kappa shape index (κ1) is 11.3. The molecule has 0 N–H and O–H groups in total. The second kappa shape index (κ2) is 4.74. The quantitative estimate of drug-likeness (QED) is 0.747. The molecule has 1 aromatic rings. The van der Waals surface area contributed by atoms with Gasteiger partial charge in [0.2, 0.25) is 0 Å². The van der Waals surface area contributed by atoms with E-state index in [1.54, 1.807) is 6.07 Å². The number of alkyl halides is 3. The fourth-order valence-corrected chi connectivity index (χ4v) is 1.50. The summed E-state index contributed by atoms with van der Waals surface area (Å²) >= 11 is 0. The Hall–Kier alpha value is -1.23. The summed E-state index contributed by atoms with van der Waals surface area (Å²) in [5, 5.41) is 0. The number of allylic oxidation sites excluding steroid dienone is 1. The molecule has 5 heteroatoms. The maximum atomic E-state index is 13.3. The van der Waals surface area contributed by atoms with Crippen LogP contribution >= 0.6 is 0 Å². The Bertz CT molecular complexity index is 350. The van der Waals surface area contributed by atoms with Gasteiger partial charge in [-0.3, -0.25) is 0 Å². The van der Waals surface area contributed by atoms with Crippen molar-refractivity contribution in [3.8, 4) is 0 Å². The molecule has 1 aromatic heterocycles. The Balaban J connectivity index is 1.92. The molecule has 0 saturated carbocycles. The number of furan rings is 1. The lowest BCUT2D eigenvalue weighted by Gasteiger charge is -2.26. The number of ether oxygens (including phenoxy) is 1. The van der Waals surface area contributed by atoms with Gasteiger partial charge >= 0.3 is 0 Å². The van der Waals surface area contributed by atoms with Gasteiger partial charge in [-0.25, -0.2) is 13.2 Å². The van der Waals surface area contributed by atoms with Crippen LogP contribution in [0.5, 0.6) is 0 Å². The third-order valence-corrected chi connectivity index (χ3v) is 2.43. The zero-order valence-corrected chi connectivity index (χ0v) is 8.35. The molecule has 88 valence electrons. The van der Waals surface area contributed by atoms with Gasteiger partial charge in [0.1, 0.15) is 6.10 Å². The molecular weight excluding hydrogens is 221 g/mol. The highest BCUT2D eigenvalue weighted by atomic mass is 19.2. The maximum Gasteiger partial charge on any atom is 0.169 e. The smallest absolute Gasteiger partial charge is 0.169 e. The van der Waals surface area contributed by atoms with Crippen LogP contribution in [0, 0.1) is 0 Å². The van der Waals surface area contributed by atoms with Crippen LogP contribution in [-0.4, -0.2) is 24.6 Å². The van der Waals surface area contributed by atoms with E-state index in [2.05, 4.69) is 0 Å². The molecule has 0 saturated heterocycles. The van der Waals surface area contributed by atoms with Crippen molar-refractivity contribution in [2.75, 3.05) is 0 Å². The summed E-state index contributed by atoms with van der Waals surface area (Å²) in [7, 11) is 0. The molecule has 1 heterocycles. The van der Waals surface area contributed by atoms with Crippen LogP contribution in [-0.2, 0) is 11.3 Å². The summed E-state index contributed by atoms with van der Waals surface area (Å²) < 4.78 is 49.0. The lowest BCUT2D eigenvalue weighted by molar-refractivity contribution is -0.0333. The van der Waals surface area contributed by atoms with E-state index in [0.29, 0.717) is 0 Å². The van der Waals surface area contributed by atoms with Crippen molar-refractivity contribution >= 4 is 0 Å². The van der Waals surface area contributed by atoms with Crippen molar-refractivity contribution in [3.05, 3.63) is 36.3 Å². The first-order valence-electron chi connectivity index (χ1n) is 4.91. The minimum atomic E-state index is -2.15. The summed E-state index contributed by atoms with van der Waals surface area (Å²) in [6, 6.07) is 1.66. The fourth-order valence-electron chi connectivity index (χ4n) is 1.50. The molecule has 0 radical (unpaired) electrons. The highest BCUT2D eigenvalue weighted by molar-refractivity contribution is 5.10. The van der Waals surface area contributed by atoms with E-state index in [-0.39, 0.29) is 6.61 Å². The summed E-state index contributed by atoms with van der Waals surface area (Å²) in [5.41, 5.74) is 0.721. The third kappa shape index (κ3) is 2.29. The highest BCUT2D eigenvalue weighted by Crippen LogP contribution is 2.24. The van der Waals surface area contributed by atoms with Crippen molar-refractivity contribution in [3.63, 3.8) is 0 Å². The number of hydrogen-bond acceptors (Lipinski definition) is 2. The molecule has 4 atom stereocenters. The fraction of sp³-hybridized carbons (Fsp3) is 0.455. The Morgan fingerprint density at radius 1 is 1.19 bits per heavy atom. The summed E-state index contributed by atoms with van der Waals surface area (Å²) in [6.45, 7) is 0.107. The maximum absolute atomic E-state index is 13.3. The van der Waals surface area contributed by atoms with Crippen LogP contribution in [0.1, 0.15) is 5.56 Å². The minimum Gasteiger partial charge on any atom is -0.472 e. The van der Waals surface area contributed by atoms with Gasteiger partial charge in [-0.05, 0) is 12.1 Å².